The Labute approximate surface area is 139 Å². The summed E-state index contributed by atoms with van der Waals surface area (Å²) in [5, 5.41) is 0. The highest BCUT2D eigenvalue weighted by molar-refractivity contribution is 5.44. The molecular weight excluding hydrogens is 313 g/mol. The maximum atomic E-state index is 12.6. The third-order valence-electron chi connectivity index (χ3n) is 4.59. The van der Waals surface area contributed by atoms with Crippen LogP contribution < -0.4 is 4.74 Å². The summed E-state index contributed by atoms with van der Waals surface area (Å²) in [6.07, 6.45) is -3.43. The highest BCUT2D eigenvalue weighted by atomic mass is 19.4. The molecule has 0 heterocycles. The van der Waals surface area contributed by atoms with E-state index in [2.05, 4.69) is 11.8 Å². The van der Waals surface area contributed by atoms with Gasteiger partial charge in [-0.05, 0) is 48.4 Å². The average Bonchev–Trinajstić information content (AvgIpc) is 3.24. The SMILES string of the molecule is COc1ccc(C#C[C@@H]2C[C@@]2(C)c2ccc(C(F)(F)F)cc2)cc1. The van der Waals surface area contributed by atoms with Crippen molar-refractivity contribution in [2.45, 2.75) is 24.9 Å². The second kappa shape index (κ2) is 5.90. The van der Waals surface area contributed by atoms with Crippen molar-refractivity contribution in [3.63, 3.8) is 0 Å². The minimum absolute atomic E-state index is 0.163. The number of benzene rings is 2. The normalized spacial score (nSPS) is 22.5. The van der Waals surface area contributed by atoms with E-state index < -0.39 is 11.7 Å². The van der Waals surface area contributed by atoms with Crippen LogP contribution in [0.4, 0.5) is 13.2 Å². The van der Waals surface area contributed by atoms with Crippen molar-refractivity contribution >= 4 is 0 Å². The molecule has 1 aliphatic rings. The van der Waals surface area contributed by atoms with Crippen LogP contribution in [0.2, 0.25) is 0 Å². The molecule has 1 aliphatic carbocycles. The minimum Gasteiger partial charge on any atom is -0.497 e. The van der Waals surface area contributed by atoms with Crippen molar-refractivity contribution < 1.29 is 17.9 Å². The van der Waals surface area contributed by atoms with E-state index in [0.717, 1.165) is 35.4 Å². The zero-order valence-electron chi connectivity index (χ0n) is 13.4. The Kier molecular flexibility index (Phi) is 4.04. The molecule has 124 valence electrons. The fourth-order valence-corrected chi connectivity index (χ4v) is 2.78. The number of ether oxygens (including phenoxy) is 1. The largest absolute Gasteiger partial charge is 0.497 e. The van der Waals surface area contributed by atoms with Gasteiger partial charge in [0, 0.05) is 16.9 Å². The van der Waals surface area contributed by atoms with Crippen LogP contribution in [0.3, 0.4) is 0 Å². The lowest BCUT2D eigenvalue weighted by Gasteiger charge is -2.12. The number of hydrogen-bond donors (Lipinski definition) is 0. The second-order valence-electron chi connectivity index (χ2n) is 6.25. The highest BCUT2D eigenvalue weighted by Gasteiger charge is 2.50. The van der Waals surface area contributed by atoms with Crippen molar-refractivity contribution in [1.29, 1.82) is 0 Å². The molecule has 0 aliphatic heterocycles. The van der Waals surface area contributed by atoms with Crippen molar-refractivity contribution in [1.82, 2.24) is 0 Å². The van der Waals surface area contributed by atoms with Gasteiger partial charge in [0.2, 0.25) is 0 Å². The summed E-state index contributed by atoms with van der Waals surface area (Å²) >= 11 is 0. The van der Waals surface area contributed by atoms with E-state index in [9.17, 15) is 13.2 Å². The molecule has 0 N–H and O–H groups in total. The molecule has 0 spiro atoms. The van der Waals surface area contributed by atoms with E-state index in [-0.39, 0.29) is 11.3 Å². The lowest BCUT2D eigenvalue weighted by atomic mass is 9.94. The van der Waals surface area contributed by atoms with Crippen LogP contribution in [0.25, 0.3) is 0 Å². The number of alkyl halides is 3. The van der Waals surface area contributed by atoms with E-state index in [4.69, 9.17) is 4.74 Å². The van der Waals surface area contributed by atoms with Crippen LogP contribution in [-0.4, -0.2) is 7.11 Å². The predicted octanol–water partition coefficient (Wildman–Crippen LogP) is 5.04. The van der Waals surface area contributed by atoms with Gasteiger partial charge < -0.3 is 4.74 Å². The Balaban J connectivity index is 1.72. The molecule has 1 saturated carbocycles. The van der Waals surface area contributed by atoms with Gasteiger partial charge in [0.25, 0.3) is 0 Å². The summed E-state index contributed by atoms with van der Waals surface area (Å²) in [5.74, 6) is 7.31. The maximum Gasteiger partial charge on any atom is 0.416 e. The maximum absolute atomic E-state index is 12.6. The Morgan fingerprint density at radius 3 is 2.21 bits per heavy atom. The number of halogens is 3. The molecular formula is C20H17F3O. The third kappa shape index (κ3) is 3.26. The van der Waals surface area contributed by atoms with Crippen molar-refractivity contribution in [3.8, 4) is 17.6 Å². The van der Waals surface area contributed by atoms with Crippen molar-refractivity contribution in [3.05, 3.63) is 65.2 Å². The summed E-state index contributed by atoms with van der Waals surface area (Å²) in [7, 11) is 1.61. The fraction of sp³-hybridized carbons (Fsp3) is 0.300. The molecule has 0 amide bonds. The van der Waals surface area contributed by atoms with Gasteiger partial charge in [-0.2, -0.15) is 13.2 Å². The zero-order chi connectivity index (χ0) is 17.4. The monoisotopic (exact) mass is 330 g/mol. The lowest BCUT2D eigenvalue weighted by molar-refractivity contribution is -0.137. The lowest BCUT2D eigenvalue weighted by Crippen LogP contribution is -2.07. The molecule has 1 fully saturated rings. The molecule has 2 atom stereocenters. The third-order valence-corrected chi connectivity index (χ3v) is 4.59. The quantitative estimate of drug-likeness (QED) is 0.701. The van der Waals surface area contributed by atoms with Crippen LogP contribution in [-0.2, 0) is 11.6 Å². The number of rotatable bonds is 2. The van der Waals surface area contributed by atoms with E-state index in [1.807, 2.05) is 31.2 Å². The van der Waals surface area contributed by atoms with Crippen LogP contribution in [0, 0.1) is 17.8 Å². The van der Waals surface area contributed by atoms with Gasteiger partial charge in [-0.1, -0.05) is 30.9 Å². The van der Waals surface area contributed by atoms with E-state index in [1.165, 1.54) is 0 Å². The average molecular weight is 330 g/mol. The van der Waals surface area contributed by atoms with Crippen LogP contribution in [0.5, 0.6) is 5.75 Å². The second-order valence-corrected chi connectivity index (χ2v) is 6.25. The van der Waals surface area contributed by atoms with Crippen LogP contribution >= 0.6 is 0 Å². The molecule has 4 heteroatoms. The Hall–Kier alpha value is -2.41. The number of methoxy groups -OCH3 is 1. The van der Waals surface area contributed by atoms with Gasteiger partial charge in [-0.3, -0.25) is 0 Å². The van der Waals surface area contributed by atoms with Gasteiger partial charge in [-0.15, -0.1) is 0 Å². The summed E-state index contributed by atoms with van der Waals surface area (Å²) in [6.45, 7) is 2.04. The molecule has 0 bridgehead atoms. The van der Waals surface area contributed by atoms with E-state index in [0.29, 0.717) is 0 Å². The van der Waals surface area contributed by atoms with Crippen LogP contribution in [0.1, 0.15) is 30.0 Å². The molecule has 0 saturated heterocycles. The first-order valence-electron chi connectivity index (χ1n) is 7.66. The van der Waals surface area contributed by atoms with E-state index >= 15 is 0 Å². The summed E-state index contributed by atoms with van der Waals surface area (Å²) in [4.78, 5) is 0. The Bertz CT molecular complexity index is 779. The highest BCUT2D eigenvalue weighted by Crippen LogP contribution is 2.53. The van der Waals surface area contributed by atoms with Gasteiger partial charge >= 0.3 is 6.18 Å². The first kappa shape index (κ1) is 16.4. The Morgan fingerprint density at radius 2 is 1.67 bits per heavy atom. The summed E-state index contributed by atoms with van der Waals surface area (Å²) in [6, 6.07) is 12.9. The summed E-state index contributed by atoms with van der Waals surface area (Å²) in [5.41, 5.74) is 1.03. The minimum atomic E-state index is -4.30. The predicted molar refractivity (Wildman–Crippen MR) is 86.8 cm³/mol. The Morgan fingerprint density at radius 1 is 1.04 bits per heavy atom. The van der Waals surface area contributed by atoms with Crippen LogP contribution in [0.15, 0.2) is 48.5 Å². The van der Waals surface area contributed by atoms with Gasteiger partial charge in [0.1, 0.15) is 5.75 Å². The van der Waals surface area contributed by atoms with Crippen molar-refractivity contribution in [2.24, 2.45) is 5.92 Å². The first-order valence-corrected chi connectivity index (χ1v) is 7.66. The van der Waals surface area contributed by atoms with Crippen molar-refractivity contribution in [2.75, 3.05) is 7.11 Å². The first-order chi connectivity index (χ1) is 11.3. The molecule has 0 radical (unpaired) electrons. The topological polar surface area (TPSA) is 9.23 Å². The molecule has 2 aromatic rings. The molecule has 0 unspecified atom stereocenters. The van der Waals surface area contributed by atoms with E-state index in [1.54, 1.807) is 19.2 Å². The summed E-state index contributed by atoms with van der Waals surface area (Å²) < 4.78 is 43.0. The standard InChI is InChI=1S/C20H17F3O/c1-19(15-7-9-16(10-8-15)20(21,22)23)13-17(19)6-3-14-4-11-18(24-2)12-5-14/h4-5,7-12,17H,13H2,1-2H3/t17-,19+/m1/s1. The fourth-order valence-electron chi connectivity index (χ4n) is 2.78. The molecule has 0 aromatic heterocycles. The smallest absolute Gasteiger partial charge is 0.416 e. The number of hydrogen-bond acceptors (Lipinski definition) is 1. The molecule has 3 rings (SSSR count). The molecule has 24 heavy (non-hydrogen) atoms. The van der Waals surface area contributed by atoms with Gasteiger partial charge in [0.15, 0.2) is 0 Å². The molecule has 1 nitrogen and oxygen atoms in total. The van der Waals surface area contributed by atoms with Gasteiger partial charge in [0.05, 0.1) is 12.7 Å². The molecule has 2 aromatic carbocycles. The zero-order valence-corrected chi connectivity index (χ0v) is 13.4. The van der Waals surface area contributed by atoms with Gasteiger partial charge in [-0.25, -0.2) is 0 Å².